The summed E-state index contributed by atoms with van der Waals surface area (Å²) in [6, 6.07) is 6.99. The number of hydrogen-bond acceptors (Lipinski definition) is 5. The maximum Gasteiger partial charge on any atom is 0.310 e. The highest BCUT2D eigenvalue weighted by molar-refractivity contribution is 7.90. The van der Waals surface area contributed by atoms with Crippen molar-refractivity contribution in [1.29, 1.82) is 0 Å². The van der Waals surface area contributed by atoms with Gasteiger partial charge < -0.3 is 10.5 Å². The highest BCUT2D eigenvalue weighted by Crippen LogP contribution is 2.07. The predicted octanol–water partition coefficient (Wildman–Crippen LogP) is 0.789. The van der Waals surface area contributed by atoms with Crippen molar-refractivity contribution >= 4 is 21.5 Å². The first-order valence-corrected chi connectivity index (χ1v) is 7.60. The Morgan fingerprint density at radius 2 is 2.11 bits per heavy atom. The molecule has 0 aliphatic rings. The van der Waals surface area contributed by atoms with Gasteiger partial charge in [0.1, 0.15) is 9.84 Å². The number of anilines is 1. The molecule has 5 nitrogen and oxygen atoms in total. The molecule has 0 spiro atoms. The zero-order valence-electron chi connectivity index (χ0n) is 10.3. The van der Waals surface area contributed by atoms with Crippen molar-refractivity contribution in [3.63, 3.8) is 0 Å². The average molecular weight is 271 g/mol. The van der Waals surface area contributed by atoms with E-state index in [1.807, 2.05) is 0 Å². The van der Waals surface area contributed by atoms with E-state index in [9.17, 15) is 13.2 Å². The van der Waals surface area contributed by atoms with Crippen molar-refractivity contribution in [3.05, 3.63) is 29.8 Å². The third kappa shape index (κ3) is 6.24. The number of nitrogen functional groups attached to an aromatic ring is 1. The first-order chi connectivity index (χ1) is 8.37. The van der Waals surface area contributed by atoms with Gasteiger partial charge in [-0.2, -0.15) is 0 Å². The molecule has 0 saturated heterocycles. The first-order valence-electron chi connectivity index (χ1n) is 5.54. The molecule has 0 bridgehead atoms. The minimum absolute atomic E-state index is 0.0264. The molecule has 1 rings (SSSR count). The molecule has 0 aromatic heterocycles. The van der Waals surface area contributed by atoms with Gasteiger partial charge in [-0.25, -0.2) is 8.42 Å². The lowest BCUT2D eigenvalue weighted by Crippen LogP contribution is -2.12. The maximum absolute atomic E-state index is 11.4. The minimum Gasteiger partial charge on any atom is -0.465 e. The largest absolute Gasteiger partial charge is 0.465 e. The van der Waals surface area contributed by atoms with E-state index in [4.69, 9.17) is 10.5 Å². The molecule has 0 heterocycles. The van der Waals surface area contributed by atoms with Crippen LogP contribution in [0.4, 0.5) is 5.69 Å². The van der Waals surface area contributed by atoms with Crippen LogP contribution in [0.2, 0.25) is 0 Å². The van der Waals surface area contributed by atoms with Crippen LogP contribution in [-0.4, -0.2) is 33.0 Å². The molecule has 0 atom stereocenters. The zero-order valence-corrected chi connectivity index (χ0v) is 11.1. The van der Waals surface area contributed by atoms with E-state index in [-0.39, 0.29) is 24.7 Å². The summed E-state index contributed by atoms with van der Waals surface area (Å²) in [7, 11) is -2.99. The molecule has 6 heteroatoms. The number of hydrogen-bond donors (Lipinski definition) is 1. The Morgan fingerprint density at radius 3 is 2.72 bits per heavy atom. The molecule has 1 aromatic rings. The summed E-state index contributed by atoms with van der Waals surface area (Å²) < 4.78 is 26.6. The maximum atomic E-state index is 11.4. The molecule has 0 unspecified atom stereocenters. The molecule has 0 amide bonds. The normalized spacial score (nSPS) is 11.2. The number of sulfone groups is 1. The Balaban J connectivity index is 2.30. The number of nitrogens with two attached hydrogens (primary N) is 1. The van der Waals surface area contributed by atoms with Gasteiger partial charge in [-0.1, -0.05) is 12.1 Å². The van der Waals surface area contributed by atoms with Gasteiger partial charge >= 0.3 is 5.97 Å². The average Bonchev–Trinajstić information content (AvgIpc) is 2.23. The van der Waals surface area contributed by atoms with E-state index >= 15 is 0 Å². The van der Waals surface area contributed by atoms with E-state index in [2.05, 4.69) is 0 Å². The summed E-state index contributed by atoms with van der Waals surface area (Å²) >= 11 is 0. The summed E-state index contributed by atoms with van der Waals surface area (Å²) in [6.45, 7) is 0.119. The third-order valence-corrected chi connectivity index (χ3v) is 3.25. The summed E-state index contributed by atoms with van der Waals surface area (Å²) in [5, 5.41) is 0. The van der Waals surface area contributed by atoms with E-state index in [0.29, 0.717) is 12.1 Å². The lowest BCUT2D eigenvalue weighted by Gasteiger charge is -2.05. The van der Waals surface area contributed by atoms with E-state index in [0.717, 1.165) is 11.8 Å². The van der Waals surface area contributed by atoms with Crippen molar-refractivity contribution in [1.82, 2.24) is 0 Å². The number of carbonyl (C=O) groups is 1. The van der Waals surface area contributed by atoms with Gasteiger partial charge in [0.25, 0.3) is 0 Å². The number of benzene rings is 1. The number of ether oxygens (including phenoxy) is 1. The minimum atomic E-state index is -2.99. The fraction of sp³-hybridized carbons (Fsp3) is 0.417. The van der Waals surface area contributed by atoms with Crippen LogP contribution < -0.4 is 5.73 Å². The summed E-state index contributed by atoms with van der Waals surface area (Å²) in [4.78, 5) is 11.4. The number of esters is 1. The van der Waals surface area contributed by atoms with Gasteiger partial charge in [-0.05, 0) is 24.1 Å². The van der Waals surface area contributed by atoms with Crippen molar-refractivity contribution in [3.8, 4) is 0 Å². The van der Waals surface area contributed by atoms with Crippen molar-refractivity contribution in [2.75, 3.05) is 24.3 Å². The van der Waals surface area contributed by atoms with Crippen molar-refractivity contribution in [2.24, 2.45) is 0 Å². The van der Waals surface area contributed by atoms with Crippen LogP contribution in [0, 0.1) is 0 Å². The fourth-order valence-corrected chi connectivity index (χ4v) is 2.07. The Labute approximate surface area is 107 Å². The van der Waals surface area contributed by atoms with Gasteiger partial charge in [-0.15, -0.1) is 0 Å². The Morgan fingerprint density at radius 1 is 1.39 bits per heavy atom. The zero-order chi connectivity index (χ0) is 13.6. The van der Waals surface area contributed by atoms with Gasteiger partial charge in [0, 0.05) is 11.9 Å². The smallest absolute Gasteiger partial charge is 0.310 e. The second-order valence-electron chi connectivity index (χ2n) is 4.13. The molecule has 100 valence electrons. The molecule has 18 heavy (non-hydrogen) atoms. The molecule has 1 aromatic carbocycles. The first kappa shape index (κ1) is 14.5. The van der Waals surface area contributed by atoms with Crippen molar-refractivity contribution in [2.45, 2.75) is 12.8 Å². The molecular formula is C12H17NO4S. The molecule has 0 saturated carbocycles. The molecule has 2 N–H and O–H groups in total. The summed E-state index contributed by atoms with van der Waals surface area (Å²) in [5.74, 6) is -0.354. The quantitative estimate of drug-likeness (QED) is 0.469. The number of rotatable bonds is 6. The summed E-state index contributed by atoms with van der Waals surface area (Å²) in [6.07, 6.45) is 1.62. The number of carbonyl (C=O) groups excluding carboxylic acids is 1. The molecule has 0 radical (unpaired) electrons. The standard InChI is InChI=1S/C12H17NO4S/c1-18(15,16)7-3-6-17-12(14)9-10-4-2-5-11(13)8-10/h2,4-5,8H,3,6-7,9,13H2,1H3. The van der Waals surface area contributed by atoms with E-state index in [1.54, 1.807) is 24.3 Å². The Bertz CT molecular complexity index is 511. The van der Waals surface area contributed by atoms with Crippen LogP contribution >= 0.6 is 0 Å². The lowest BCUT2D eigenvalue weighted by atomic mass is 10.1. The van der Waals surface area contributed by atoms with Gasteiger partial charge in [-0.3, -0.25) is 4.79 Å². The topological polar surface area (TPSA) is 86.5 Å². The van der Waals surface area contributed by atoms with Crippen molar-refractivity contribution < 1.29 is 17.9 Å². The van der Waals surface area contributed by atoms with Crippen LogP contribution in [-0.2, 0) is 25.8 Å². The monoisotopic (exact) mass is 271 g/mol. The molecule has 0 aliphatic carbocycles. The van der Waals surface area contributed by atoms with E-state index in [1.165, 1.54) is 0 Å². The molecular weight excluding hydrogens is 254 g/mol. The van der Waals surface area contributed by atoms with Crippen LogP contribution in [0.25, 0.3) is 0 Å². The fourth-order valence-electron chi connectivity index (χ4n) is 1.43. The van der Waals surface area contributed by atoms with Gasteiger partial charge in [0.2, 0.25) is 0 Å². The highest BCUT2D eigenvalue weighted by Gasteiger charge is 2.06. The highest BCUT2D eigenvalue weighted by atomic mass is 32.2. The second-order valence-corrected chi connectivity index (χ2v) is 6.39. The second kappa shape index (κ2) is 6.39. The third-order valence-electron chi connectivity index (χ3n) is 2.22. The van der Waals surface area contributed by atoms with Gasteiger partial charge in [0.05, 0.1) is 18.8 Å². The molecule has 0 aliphatic heterocycles. The summed E-state index contributed by atoms with van der Waals surface area (Å²) in [5.41, 5.74) is 6.96. The van der Waals surface area contributed by atoms with Crippen LogP contribution in [0.3, 0.4) is 0 Å². The lowest BCUT2D eigenvalue weighted by molar-refractivity contribution is -0.142. The van der Waals surface area contributed by atoms with E-state index < -0.39 is 9.84 Å². The van der Waals surface area contributed by atoms with Crippen LogP contribution in [0.1, 0.15) is 12.0 Å². The molecule has 0 fully saturated rings. The van der Waals surface area contributed by atoms with Crippen LogP contribution in [0.5, 0.6) is 0 Å². The van der Waals surface area contributed by atoms with Crippen LogP contribution in [0.15, 0.2) is 24.3 Å². The Hall–Kier alpha value is -1.56. The Kier molecular flexibility index (Phi) is 5.15. The predicted molar refractivity (Wildman–Crippen MR) is 69.8 cm³/mol. The van der Waals surface area contributed by atoms with Gasteiger partial charge in [0.15, 0.2) is 0 Å². The SMILES string of the molecule is CS(=O)(=O)CCCOC(=O)Cc1cccc(N)c1.